The molecule has 1 heterocycles. The lowest BCUT2D eigenvalue weighted by atomic mass is 10.7. The molecule has 0 unspecified atom stereocenters. The molecule has 0 atom stereocenters. The van der Waals surface area contributed by atoms with E-state index in [4.69, 9.17) is 4.74 Å². The van der Waals surface area contributed by atoms with Crippen molar-refractivity contribution < 1.29 is 9.53 Å². The van der Waals surface area contributed by atoms with Gasteiger partial charge in [-0.05, 0) is 6.92 Å². The van der Waals surface area contributed by atoms with Crippen LogP contribution in [0.15, 0.2) is 25.0 Å². The molecule has 0 aliphatic rings. The van der Waals surface area contributed by atoms with Crippen LogP contribution in [0.5, 0.6) is 0 Å². The Morgan fingerprint density at radius 2 is 2.67 bits per heavy atom. The third-order valence-corrected chi connectivity index (χ3v) is 1.35. The molecule has 1 aromatic rings. The molecule has 1 rings (SSSR count). The normalized spacial score (nSPS) is 9.42. The fourth-order valence-electron chi connectivity index (χ4n) is 0.771. The second-order valence-electron chi connectivity index (χ2n) is 2.21. The first-order valence-electron chi connectivity index (χ1n) is 3.53. The largest absolute Gasteiger partial charge is 0.445 e. The van der Waals surface area contributed by atoms with Gasteiger partial charge in [0.15, 0.2) is 0 Å². The van der Waals surface area contributed by atoms with Crippen molar-refractivity contribution in [2.75, 3.05) is 6.61 Å². The number of carbonyl (C=O) groups excluding carboxylic acids is 1. The summed E-state index contributed by atoms with van der Waals surface area (Å²) in [5, 5.41) is 0. The number of nitrogens with zero attached hydrogens (tertiary/aromatic N) is 2. The Morgan fingerprint density at radius 1 is 1.92 bits per heavy atom. The molecule has 0 amide bonds. The van der Waals surface area contributed by atoms with Crippen molar-refractivity contribution in [3.63, 3.8) is 0 Å². The zero-order chi connectivity index (χ0) is 8.97. The molecular weight excluding hydrogens is 156 g/mol. The summed E-state index contributed by atoms with van der Waals surface area (Å²) >= 11 is 0. The van der Waals surface area contributed by atoms with Crippen LogP contribution in [0.3, 0.4) is 0 Å². The molecule has 0 aromatic carbocycles. The van der Waals surface area contributed by atoms with E-state index in [1.807, 2.05) is 0 Å². The standard InChI is InChI=1S/C8H10N2O2/c1-3-6-12-8(11)10-5-4-9-7(10)2/h3-5H,1,6H2,2H3. The summed E-state index contributed by atoms with van der Waals surface area (Å²) in [5.41, 5.74) is 0. The number of imidazole rings is 1. The maximum Gasteiger partial charge on any atom is 0.419 e. The van der Waals surface area contributed by atoms with Crippen LogP contribution in [0.25, 0.3) is 0 Å². The third kappa shape index (κ3) is 1.72. The smallest absolute Gasteiger partial charge is 0.419 e. The van der Waals surface area contributed by atoms with Crippen molar-refractivity contribution >= 4 is 6.09 Å². The van der Waals surface area contributed by atoms with Gasteiger partial charge in [0, 0.05) is 12.4 Å². The van der Waals surface area contributed by atoms with Gasteiger partial charge < -0.3 is 4.74 Å². The van der Waals surface area contributed by atoms with E-state index in [9.17, 15) is 4.79 Å². The summed E-state index contributed by atoms with van der Waals surface area (Å²) in [7, 11) is 0. The molecule has 4 heteroatoms. The molecule has 0 aliphatic carbocycles. The van der Waals surface area contributed by atoms with E-state index in [2.05, 4.69) is 11.6 Å². The lowest BCUT2D eigenvalue weighted by molar-refractivity contribution is 0.159. The zero-order valence-corrected chi connectivity index (χ0v) is 6.86. The molecule has 0 fully saturated rings. The highest BCUT2D eigenvalue weighted by Crippen LogP contribution is 1.96. The first-order chi connectivity index (χ1) is 5.75. The van der Waals surface area contributed by atoms with Gasteiger partial charge in [-0.15, -0.1) is 0 Å². The molecule has 0 saturated carbocycles. The quantitative estimate of drug-likeness (QED) is 0.623. The maximum absolute atomic E-state index is 11.1. The molecule has 4 nitrogen and oxygen atoms in total. The Kier molecular flexibility index (Phi) is 2.63. The fourth-order valence-corrected chi connectivity index (χ4v) is 0.771. The minimum absolute atomic E-state index is 0.219. The lowest BCUT2D eigenvalue weighted by Gasteiger charge is -2.02. The highest BCUT2D eigenvalue weighted by molar-refractivity contribution is 5.70. The van der Waals surface area contributed by atoms with Crippen molar-refractivity contribution in [3.05, 3.63) is 30.9 Å². The SMILES string of the molecule is C=CCOC(=O)n1ccnc1C. The number of ether oxygens (including phenoxy) is 1. The summed E-state index contributed by atoms with van der Waals surface area (Å²) in [5.74, 6) is 0.615. The molecule has 0 spiro atoms. The van der Waals surface area contributed by atoms with Gasteiger partial charge in [-0.3, -0.25) is 0 Å². The van der Waals surface area contributed by atoms with Crippen molar-refractivity contribution in [1.29, 1.82) is 0 Å². The summed E-state index contributed by atoms with van der Waals surface area (Å²) in [4.78, 5) is 15.0. The van der Waals surface area contributed by atoms with E-state index in [0.29, 0.717) is 5.82 Å². The summed E-state index contributed by atoms with van der Waals surface area (Å²) < 4.78 is 6.12. The second-order valence-corrected chi connectivity index (χ2v) is 2.21. The van der Waals surface area contributed by atoms with Crippen molar-refractivity contribution in [2.45, 2.75) is 6.92 Å². The average molecular weight is 166 g/mol. The molecule has 64 valence electrons. The first-order valence-corrected chi connectivity index (χ1v) is 3.53. The molecule has 0 aliphatic heterocycles. The topological polar surface area (TPSA) is 44.1 Å². The predicted octanol–water partition coefficient (Wildman–Crippen LogP) is 1.36. The summed E-state index contributed by atoms with van der Waals surface area (Å²) in [6.45, 7) is 5.38. The second kappa shape index (κ2) is 3.71. The third-order valence-electron chi connectivity index (χ3n) is 1.35. The molecule has 0 bridgehead atoms. The zero-order valence-electron chi connectivity index (χ0n) is 6.86. The van der Waals surface area contributed by atoms with E-state index in [-0.39, 0.29) is 6.61 Å². The van der Waals surface area contributed by atoms with Crippen LogP contribution >= 0.6 is 0 Å². The van der Waals surface area contributed by atoms with E-state index in [1.54, 1.807) is 19.3 Å². The number of hydrogen-bond donors (Lipinski definition) is 0. The van der Waals surface area contributed by atoms with Gasteiger partial charge in [-0.25, -0.2) is 14.3 Å². The number of aromatic nitrogens is 2. The Morgan fingerprint density at radius 3 is 3.17 bits per heavy atom. The van der Waals surface area contributed by atoms with Gasteiger partial charge in [-0.2, -0.15) is 0 Å². The Bertz CT molecular complexity index is 291. The maximum atomic E-state index is 11.1. The Labute approximate surface area is 70.5 Å². The van der Waals surface area contributed by atoms with Crippen LogP contribution in [0.1, 0.15) is 5.82 Å². The van der Waals surface area contributed by atoms with E-state index in [0.717, 1.165) is 0 Å². The molecule has 0 saturated heterocycles. The first kappa shape index (κ1) is 8.52. The highest BCUT2D eigenvalue weighted by atomic mass is 16.5. The monoisotopic (exact) mass is 166 g/mol. The van der Waals surface area contributed by atoms with Gasteiger partial charge in [-0.1, -0.05) is 12.7 Å². The highest BCUT2D eigenvalue weighted by Gasteiger charge is 2.06. The lowest BCUT2D eigenvalue weighted by Crippen LogP contribution is -2.14. The number of rotatable bonds is 2. The van der Waals surface area contributed by atoms with Crippen LogP contribution in [-0.2, 0) is 4.74 Å². The molecule has 1 aromatic heterocycles. The molecule has 0 N–H and O–H groups in total. The fraction of sp³-hybridized carbons (Fsp3) is 0.250. The number of hydrogen-bond acceptors (Lipinski definition) is 3. The van der Waals surface area contributed by atoms with Crippen LogP contribution in [0.2, 0.25) is 0 Å². The van der Waals surface area contributed by atoms with Crippen LogP contribution in [-0.4, -0.2) is 22.3 Å². The number of aryl methyl sites for hydroxylation is 1. The minimum Gasteiger partial charge on any atom is -0.445 e. The molecule has 0 radical (unpaired) electrons. The van der Waals surface area contributed by atoms with Gasteiger partial charge >= 0.3 is 6.09 Å². The summed E-state index contributed by atoms with van der Waals surface area (Å²) in [6, 6.07) is 0. The van der Waals surface area contributed by atoms with Gasteiger partial charge in [0.05, 0.1) is 0 Å². The van der Waals surface area contributed by atoms with E-state index in [1.165, 1.54) is 10.6 Å². The van der Waals surface area contributed by atoms with Crippen molar-refractivity contribution in [3.8, 4) is 0 Å². The van der Waals surface area contributed by atoms with Crippen LogP contribution in [0, 0.1) is 6.92 Å². The van der Waals surface area contributed by atoms with Gasteiger partial charge in [0.2, 0.25) is 0 Å². The van der Waals surface area contributed by atoms with Crippen LogP contribution < -0.4 is 0 Å². The summed E-state index contributed by atoms with van der Waals surface area (Å²) in [6.07, 6.45) is 4.19. The number of carbonyl (C=O) groups is 1. The van der Waals surface area contributed by atoms with E-state index < -0.39 is 6.09 Å². The molecule has 12 heavy (non-hydrogen) atoms. The van der Waals surface area contributed by atoms with Gasteiger partial charge in [0.25, 0.3) is 0 Å². The van der Waals surface area contributed by atoms with E-state index >= 15 is 0 Å². The predicted molar refractivity (Wildman–Crippen MR) is 43.9 cm³/mol. The average Bonchev–Trinajstić information content (AvgIpc) is 2.47. The minimum atomic E-state index is -0.426. The van der Waals surface area contributed by atoms with Crippen LogP contribution in [0.4, 0.5) is 4.79 Å². The van der Waals surface area contributed by atoms with Gasteiger partial charge in [0.1, 0.15) is 12.4 Å². The Hall–Kier alpha value is -1.58. The Balaban J connectivity index is 2.65. The molecular formula is C8H10N2O2. The van der Waals surface area contributed by atoms with Crippen molar-refractivity contribution in [1.82, 2.24) is 9.55 Å². The van der Waals surface area contributed by atoms with Crippen molar-refractivity contribution in [2.24, 2.45) is 0 Å².